The lowest BCUT2D eigenvalue weighted by molar-refractivity contribution is -0.127. The van der Waals surface area contributed by atoms with Gasteiger partial charge in [-0.25, -0.2) is 0 Å². The molecule has 0 aromatic rings. The molecular formula is C8H10N2O4. The van der Waals surface area contributed by atoms with E-state index in [1.807, 2.05) is 0 Å². The second-order valence-corrected chi connectivity index (χ2v) is 3.41. The topological polar surface area (TPSA) is 93.0 Å². The van der Waals surface area contributed by atoms with Crippen molar-refractivity contribution in [3.63, 3.8) is 0 Å². The first kappa shape index (κ1) is 10.6. The van der Waals surface area contributed by atoms with Crippen molar-refractivity contribution in [1.29, 1.82) is 0 Å². The summed E-state index contributed by atoms with van der Waals surface area (Å²) in [5.41, 5.74) is 0. The minimum absolute atomic E-state index is 0.372. The molecule has 0 atom stereocenters. The van der Waals surface area contributed by atoms with E-state index in [2.05, 4.69) is 10.4 Å². The lowest BCUT2D eigenvalue weighted by Crippen LogP contribution is -2.24. The van der Waals surface area contributed by atoms with E-state index in [-0.39, 0.29) is 11.8 Å². The quantitative estimate of drug-likeness (QED) is 0.626. The van der Waals surface area contributed by atoms with E-state index in [9.17, 15) is 19.4 Å². The summed E-state index contributed by atoms with van der Waals surface area (Å²) in [4.78, 5) is 41.6. The normalized spacial score (nSPS) is 26.6. The van der Waals surface area contributed by atoms with Crippen molar-refractivity contribution in [2.45, 2.75) is 25.7 Å². The number of nitrogens with zero attached hydrogens (tertiary/aromatic N) is 2. The molecule has 0 bridgehead atoms. The molecule has 0 radical (unpaired) electrons. The fourth-order valence-electron chi connectivity index (χ4n) is 1.74. The van der Waals surface area contributed by atoms with Crippen molar-refractivity contribution in [2.75, 3.05) is 0 Å². The average molecular weight is 198 g/mol. The van der Waals surface area contributed by atoms with E-state index >= 15 is 0 Å². The highest BCUT2D eigenvalue weighted by molar-refractivity contribution is 5.81. The first-order valence-corrected chi connectivity index (χ1v) is 4.43. The van der Waals surface area contributed by atoms with Gasteiger partial charge < -0.3 is 0 Å². The van der Waals surface area contributed by atoms with Gasteiger partial charge in [-0.3, -0.25) is 9.59 Å². The maximum Gasteiger partial charge on any atom is 0.289 e. The molecule has 1 aliphatic rings. The van der Waals surface area contributed by atoms with Crippen LogP contribution in [0.15, 0.2) is 10.4 Å². The number of amides is 2. The predicted octanol–water partition coefficient (Wildman–Crippen LogP) is 1.38. The Hall–Kier alpha value is -1.46. The van der Waals surface area contributed by atoms with Gasteiger partial charge >= 0.3 is 0 Å². The second kappa shape index (κ2) is 4.69. The van der Waals surface area contributed by atoms with Crippen molar-refractivity contribution < 1.29 is 9.59 Å². The van der Waals surface area contributed by atoms with Crippen LogP contribution in [0.25, 0.3) is 0 Å². The highest BCUT2D eigenvalue weighted by Crippen LogP contribution is 2.30. The van der Waals surface area contributed by atoms with Crippen LogP contribution in [0.5, 0.6) is 0 Å². The van der Waals surface area contributed by atoms with Crippen LogP contribution in [-0.2, 0) is 9.59 Å². The maximum absolute atomic E-state index is 10.9. The molecule has 1 saturated carbocycles. The van der Waals surface area contributed by atoms with Gasteiger partial charge in [0.1, 0.15) is 0 Å². The monoisotopic (exact) mass is 198 g/mol. The summed E-state index contributed by atoms with van der Waals surface area (Å²) in [5, 5.41) is 4.69. The van der Waals surface area contributed by atoms with Crippen molar-refractivity contribution in [3.05, 3.63) is 9.81 Å². The number of hydrogen-bond donors (Lipinski definition) is 0. The zero-order valence-corrected chi connectivity index (χ0v) is 7.51. The summed E-state index contributed by atoms with van der Waals surface area (Å²) in [6, 6.07) is 0. The average Bonchev–Trinajstić information content (AvgIpc) is 2.27. The number of rotatable bonds is 2. The fraction of sp³-hybridized carbons (Fsp3) is 0.750. The van der Waals surface area contributed by atoms with E-state index in [4.69, 9.17) is 0 Å². The number of carbonyl (C=O) groups is 2. The minimum atomic E-state index is -0.657. The maximum atomic E-state index is 10.9. The predicted molar refractivity (Wildman–Crippen MR) is 47.1 cm³/mol. The Kier molecular flexibility index (Phi) is 3.55. The molecular weight excluding hydrogens is 188 g/mol. The third-order valence-corrected chi connectivity index (χ3v) is 2.61. The Morgan fingerprint density at radius 2 is 1.07 bits per heavy atom. The van der Waals surface area contributed by atoms with E-state index in [1.165, 1.54) is 0 Å². The van der Waals surface area contributed by atoms with Crippen LogP contribution in [-0.4, -0.2) is 11.8 Å². The van der Waals surface area contributed by atoms with Crippen molar-refractivity contribution >= 4 is 11.8 Å². The van der Waals surface area contributed by atoms with Gasteiger partial charge in [0.05, 0.1) is 0 Å². The Morgan fingerprint density at radius 3 is 1.29 bits per heavy atom. The van der Waals surface area contributed by atoms with Crippen molar-refractivity contribution in [1.82, 2.24) is 0 Å². The lowest BCUT2D eigenvalue weighted by Gasteiger charge is -2.22. The molecule has 14 heavy (non-hydrogen) atoms. The Morgan fingerprint density at radius 1 is 0.786 bits per heavy atom. The van der Waals surface area contributed by atoms with Gasteiger partial charge in [-0.15, -0.1) is 9.81 Å². The summed E-state index contributed by atoms with van der Waals surface area (Å²) in [7, 11) is 0. The molecule has 1 rings (SSSR count). The SMILES string of the molecule is O=NC(=O)C1CCC(C(=O)N=O)CC1. The van der Waals surface area contributed by atoms with Crippen LogP contribution >= 0.6 is 0 Å². The molecule has 0 saturated heterocycles. The van der Waals surface area contributed by atoms with Crippen LogP contribution in [0.4, 0.5) is 0 Å². The first-order chi connectivity index (χ1) is 6.69. The van der Waals surface area contributed by atoms with E-state index in [0.29, 0.717) is 25.7 Å². The summed E-state index contributed by atoms with van der Waals surface area (Å²) >= 11 is 0. The largest absolute Gasteiger partial charge is 0.289 e. The highest BCUT2D eigenvalue weighted by atomic mass is 16.3. The summed E-state index contributed by atoms with van der Waals surface area (Å²) < 4.78 is 0. The molecule has 6 heteroatoms. The smallest absolute Gasteiger partial charge is 0.269 e. The lowest BCUT2D eigenvalue weighted by atomic mass is 9.81. The number of nitroso groups, excluding NO2 is 2. The molecule has 6 nitrogen and oxygen atoms in total. The Bertz CT molecular complexity index is 241. The van der Waals surface area contributed by atoms with E-state index < -0.39 is 11.8 Å². The van der Waals surface area contributed by atoms with E-state index in [1.54, 1.807) is 0 Å². The van der Waals surface area contributed by atoms with Gasteiger partial charge in [0, 0.05) is 22.2 Å². The van der Waals surface area contributed by atoms with Gasteiger partial charge in [-0.05, 0) is 25.7 Å². The Balaban J connectivity index is 2.45. The van der Waals surface area contributed by atoms with Crippen LogP contribution in [0.2, 0.25) is 0 Å². The third kappa shape index (κ3) is 2.27. The molecule has 1 aliphatic carbocycles. The highest BCUT2D eigenvalue weighted by Gasteiger charge is 2.30. The molecule has 76 valence electrons. The van der Waals surface area contributed by atoms with Crippen molar-refractivity contribution in [2.24, 2.45) is 22.2 Å². The van der Waals surface area contributed by atoms with Crippen molar-refractivity contribution in [3.8, 4) is 0 Å². The molecule has 2 amide bonds. The van der Waals surface area contributed by atoms with Gasteiger partial charge in [-0.2, -0.15) is 0 Å². The zero-order chi connectivity index (χ0) is 10.6. The summed E-state index contributed by atoms with van der Waals surface area (Å²) in [5.74, 6) is -2.06. The molecule has 0 aromatic carbocycles. The second-order valence-electron chi connectivity index (χ2n) is 3.41. The van der Waals surface area contributed by atoms with Crippen LogP contribution in [0.3, 0.4) is 0 Å². The molecule has 0 aromatic heterocycles. The number of carbonyl (C=O) groups excluding carboxylic acids is 2. The van der Waals surface area contributed by atoms with Gasteiger partial charge in [-0.1, -0.05) is 0 Å². The fourth-order valence-corrected chi connectivity index (χ4v) is 1.74. The Labute approximate surface area is 80.0 Å². The van der Waals surface area contributed by atoms with Crippen LogP contribution in [0, 0.1) is 21.6 Å². The molecule has 0 aliphatic heterocycles. The zero-order valence-electron chi connectivity index (χ0n) is 7.51. The van der Waals surface area contributed by atoms with E-state index in [0.717, 1.165) is 0 Å². The standard InChI is InChI=1S/C8H10N2O4/c11-7(9-13)5-1-2-6(4-3-5)8(12)10-14/h5-6H,1-4H2. The van der Waals surface area contributed by atoms with Gasteiger partial charge in [0.15, 0.2) is 0 Å². The number of hydrogen-bond acceptors (Lipinski definition) is 4. The molecule has 0 heterocycles. The minimum Gasteiger partial charge on any atom is -0.269 e. The third-order valence-electron chi connectivity index (χ3n) is 2.61. The summed E-state index contributed by atoms with van der Waals surface area (Å²) in [6.07, 6.45) is 1.76. The van der Waals surface area contributed by atoms with Gasteiger partial charge in [0.2, 0.25) is 0 Å². The molecule has 1 fully saturated rings. The molecule has 0 spiro atoms. The molecule has 0 unspecified atom stereocenters. The van der Waals surface area contributed by atoms with Crippen LogP contribution in [0.1, 0.15) is 25.7 Å². The van der Waals surface area contributed by atoms with Crippen LogP contribution < -0.4 is 0 Å². The van der Waals surface area contributed by atoms with Gasteiger partial charge in [0.25, 0.3) is 11.8 Å². The first-order valence-electron chi connectivity index (χ1n) is 4.43. The summed E-state index contributed by atoms with van der Waals surface area (Å²) in [6.45, 7) is 0. The molecule has 0 N–H and O–H groups in total.